The number of hydrogen-bond donors (Lipinski definition) is 2. The number of fused-ring (bicyclic) bond motifs is 1. The second kappa shape index (κ2) is 4.42. The summed E-state index contributed by atoms with van der Waals surface area (Å²) in [7, 11) is 1.68. The quantitative estimate of drug-likeness (QED) is 0.746. The summed E-state index contributed by atoms with van der Waals surface area (Å²) in [6.07, 6.45) is 0.0400. The summed E-state index contributed by atoms with van der Waals surface area (Å²) in [6, 6.07) is 7.99. The van der Waals surface area contributed by atoms with Crippen molar-refractivity contribution in [1.29, 1.82) is 0 Å². The van der Waals surface area contributed by atoms with E-state index in [0.717, 1.165) is 16.9 Å². The van der Waals surface area contributed by atoms with E-state index < -0.39 is 0 Å². The van der Waals surface area contributed by atoms with Crippen molar-refractivity contribution in [3.63, 3.8) is 0 Å². The summed E-state index contributed by atoms with van der Waals surface area (Å²) in [4.78, 5) is 7.69. The van der Waals surface area contributed by atoms with Crippen LogP contribution in [0.25, 0.3) is 11.0 Å². The largest absolute Gasteiger partial charge is 0.367 e. The van der Waals surface area contributed by atoms with E-state index in [1.165, 1.54) is 0 Å². The molecule has 0 saturated heterocycles. The number of benzene rings is 1. The zero-order valence-electron chi connectivity index (χ0n) is 8.95. The normalized spacial score (nSPS) is 13.2. The summed E-state index contributed by atoms with van der Waals surface area (Å²) in [5.41, 5.74) is 2.07. The Bertz CT molecular complexity index is 405. The number of aromatic nitrogens is 2. The number of methoxy groups -OCH3 is 1. The number of hydrogen-bond acceptors (Lipinski definition) is 3. The second-order valence-electron chi connectivity index (χ2n) is 3.46. The van der Waals surface area contributed by atoms with Crippen molar-refractivity contribution in [2.24, 2.45) is 0 Å². The number of H-pyrrole nitrogens is 1. The van der Waals surface area contributed by atoms with Gasteiger partial charge in [0.15, 0.2) is 0 Å². The van der Waals surface area contributed by atoms with Crippen molar-refractivity contribution in [2.45, 2.75) is 19.7 Å². The fraction of sp³-hybridized carbons (Fsp3) is 0.364. The molecular weight excluding hydrogens is 190 g/mol. The Kier molecular flexibility index (Phi) is 2.99. The van der Waals surface area contributed by atoms with E-state index in [1.54, 1.807) is 7.11 Å². The average molecular weight is 205 g/mol. The minimum absolute atomic E-state index is 0.0400. The molecule has 15 heavy (non-hydrogen) atoms. The van der Waals surface area contributed by atoms with E-state index in [0.29, 0.717) is 6.54 Å². The van der Waals surface area contributed by atoms with Crippen molar-refractivity contribution in [2.75, 3.05) is 7.11 Å². The van der Waals surface area contributed by atoms with E-state index >= 15 is 0 Å². The number of imidazole rings is 1. The third-order valence-corrected chi connectivity index (χ3v) is 2.35. The zero-order chi connectivity index (χ0) is 10.7. The van der Waals surface area contributed by atoms with Gasteiger partial charge in [-0.05, 0) is 19.1 Å². The van der Waals surface area contributed by atoms with E-state index in [1.807, 2.05) is 31.2 Å². The molecule has 80 valence electrons. The molecule has 1 aromatic heterocycles. The van der Waals surface area contributed by atoms with Gasteiger partial charge in [0.1, 0.15) is 12.1 Å². The molecule has 1 atom stereocenters. The highest BCUT2D eigenvalue weighted by Crippen LogP contribution is 2.09. The maximum absolute atomic E-state index is 5.09. The molecule has 1 aromatic carbocycles. The minimum atomic E-state index is 0.0400. The molecule has 2 N–H and O–H groups in total. The molecule has 0 bridgehead atoms. The van der Waals surface area contributed by atoms with Gasteiger partial charge in [-0.1, -0.05) is 12.1 Å². The Hall–Kier alpha value is -1.39. The highest BCUT2D eigenvalue weighted by atomic mass is 16.5. The van der Waals surface area contributed by atoms with E-state index in [4.69, 9.17) is 4.74 Å². The molecule has 4 nitrogen and oxygen atoms in total. The molecule has 1 unspecified atom stereocenters. The van der Waals surface area contributed by atoms with Gasteiger partial charge >= 0.3 is 0 Å². The predicted molar refractivity (Wildman–Crippen MR) is 59.4 cm³/mol. The van der Waals surface area contributed by atoms with Crippen LogP contribution in [-0.4, -0.2) is 23.3 Å². The Morgan fingerprint density at radius 2 is 2.27 bits per heavy atom. The Morgan fingerprint density at radius 1 is 1.47 bits per heavy atom. The molecule has 0 amide bonds. The van der Waals surface area contributed by atoms with Gasteiger partial charge < -0.3 is 9.72 Å². The van der Waals surface area contributed by atoms with E-state index in [-0.39, 0.29) is 6.23 Å². The van der Waals surface area contributed by atoms with Gasteiger partial charge in [0, 0.05) is 7.11 Å². The Balaban J connectivity index is 2.09. The molecule has 4 heteroatoms. The van der Waals surface area contributed by atoms with Gasteiger partial charge in [-0.15, -0.1) is 0 Å². The Morgan fingerprint density at radius 3 is 3.00 bits per heavy atom. The molecule has 0 aliphatic rings. The van der Waals surface area contributed by atoms with Crippen molar-refractivity contribution >= 4 is 11.0 Å². The monoisotopic (exact) mass is 205 g/mol. The lowest BCUT2D eigenvalue weighted by atomic mass is 10.3. The maximum atomic E-state index is 5.09. The standard InChI is InChI=1S/C11H15N3O/c1-8(15-2)12-7-11-13-9-5-3-4-6-10(9)14-11/h3-6,8,12H,7H2,1-2H3,(H,13,14). The molecule has 0 saturated carbocycles. The molecule has 2 rings (SSSR count). The minimum Gasteiger partial charge on any atom is -0.367 e. The first kappa shape index (κ1) is 10.1. The molecule has 0 fully saturated rings. The van der Waals surface area contributed by atoms with Crippen LogP contribution in [0, 0.1) is 0 Å². The van der Waals surface area contributed by atoms with Crippen LogP contribution >= 0.6 is 0 Å². The van der Waals surface area contributed by atoms with Crippen molar-refractivity contribution < 1.29 is 4.74 Å². The second-order valence-corrected chi connectivity index (χ2v) is 3.46. The SMILES string of the molecule is COC(C)NCc1nc2ccccc2[nH]1. The fourth-order valence-electron chi connectivity index (χ4n) is 1.41. The molecule has 0 spiro atoms. The highest BCUT2D eigenvalue weighted by Gasteiger charge is 2.03. The molecular formula is C11H15N3O. The summed E-state index contributed by atoms with van der Waals surface area (Å²) in [5.74, 6) is 0.931. The summed E-state index contributed by atoms with van der Waals surface area (Å²) >= 11 is 0. The molecule has 0 radical (unpaired) electrons. The van der Waals surface area contributed by atoms with Crippen LogP contribution in [0.1, 0.15) is 12.7 Å². The number of aromatic amines is 1. The lowest BCUT2D eigenvalue weighted by Gasteiger charge is -2.09. The Labute approximate surface area is 88.7 Å². The van der Waals surface area contributed by atoms with Gasteiger partial charge in [0.25, 0.3) is 0 Å². The molecule has 2 aromatic rings. The fourth-order valence-corrected chi connectivity index (χ4v) is 1.41. The van der Waals surface area contributed by atoms with Gasteiger partial charge in [-0.25, -0.2) is 4.98 Å². The third kappa shape index (κ3) is 2.34. The predicted octanol–water partition coefficient (Wildman–Crippen LogP) is 1.64. The zero-order valence-corrected chi connectivity index (χ0v) is 8.95. The molecule has 1 heterocycles. The maximum Gasteiger partial charge on any atom is 0.121 e. The van der Waals surface area contributed by atoms with Gasteiger partial charge in [-0.3, -0.25) is 5.32 Å². The van der Waals surface area contributed by atoms with Crippen LogP contribution in [0.2, 0.25) is 0 Å². The number of para-hydroxylation sites is 2. The van der Waals surface area contributed by atoms with Crippen molar-refractivity contribution in [1.82, 2.24) is 15.3 Å². The lowest BCUT2D eigenvalue weighted by Crippen LogP contribution is -2.27. The summed E-state index contributed by atoms with van der Waals surface area (Å²) < 4.78 is 5.09. The van der Waals surface area contributed by atoms with Crippen LogP contribution in [0.5, 0.6) is 0 Å². The van der Waals surface area contributed by atoms with Crippen molar-refractivity contribution in [3.05, 3.63) is 30.1 Å². The van der Waals surface area contributed by atoms with Gasteiger partial charge in [-0.2, -0.15) is 0 Å². The highest BCUT2D eigenvalue weighted by molar-refractivity contribution is 5.74. The third-order valence-electron chi connectivity index (χ3n) is 2.35. The van der Waals surface area contributed by atoms with E-state index in [2.05, 4.69) is 15.3 Å². The van der Waals surface area contributed by atoms with Gasteiger partial charge in [0.2, 0.25) is 0 Å². The van der Waals surface area contributed by atoms with Crippen LogP contribution in [0.15, 0.2) is 24.3 Å². The number of ether oxygens (including phenoxy) is 1. The van der Waals surface area contributed by atoms with Crippen LogP contribution in [0.4, 0.5) is 0 Å². The van der Waals surface area contributed by atoms with Crippen molar-refractivity contribution in [3.8, 4) is 0 Å². The number of nitrogens with one attached hydrogen (secondary N) is 2. The summed E-state index contributed by atoms with van der Waals surface area (Å²) in [5, 5.41) is 3.19. The first-order valence-electron chi connectivity index (χ1n) is 4.99. The number of rotatable bonds is 4. The van der Waals surface area contributed by atoms with Crippen LogP contribution in [0.3, 0.4) is 0 Å². The van der Waals surface area contributed by atoms with Crippen LogP contribution < -0.4 is 5.32 Å². The smallest absolute Gasteiger partial charge is 0.121 e. The van der Waals surface area contributed by atoms with E-state index in [9.17, 15) is 0 Å². The van der Waals surface area contributed by atoms with Gasteiger partial charge in [0.05, 0.1) is 17.6 Å². The lowest BCUT2D eigenvalue weighted by molar-refractivity contribution is 0.0873. The average Bonchev–Trinajstić information content (AvgIpc) is 2.68. The molecule has 0 aliphatic carbocycles. The van der Waals surface area contributed by atoms with Crippen LogP contribution in [-0.2, 0) is 11.3 Å². The molecule has 0 aliphatic heterocycles. The first-order chi connectivity index (χ1) is 7.29. The topological polar surface area (TPSA) is 49.9 Å². The number of nitrogens with zero attached hydrogens (tertiary/aromatic N) is 1. The summed E-state index contributed by atoms with van der Waals surface area (Å²) in [6.45, 7) is 2.65. The first-order valence-corrected chi connectivity index (χ1v) is 4.99.